The van der Waals surface area contributed by atoms with Crippen molar-refractivity contribution in [1.29, 1.82) is 0 Å². The quantitative estimate of drug-likeness (QED) is 0.613. The molecule has 1 heterocycles. The fourth-order valence-corrected chi connectivity index (χ4v) is 1.01. The van der Waals surface area contributed by atoms with Gasteiger partial charge < -0.3 is 10.5 Å². The van der Waals surface area contributed by atoms with Crippen molar-refractivity contribution in [2.24, 2.45) is 0 Å². The normalized spacial score (nSPS) is 10.5. The molecule has 0 radical (unpaired) electrons. The van der Waals surface area contributed by atoms with E-state index < -0.39 is 29.5 Å². The molecule has 0 aromatic carbocycles. The number of alkyl halides is 2. The van der Waals surface area contributed by atoms with Gasteiger partial charge in [0.25, 0.3) is 12.3 Å². The smallest absolute Gasteiger partial charge is 0.352 e. The zero-order valence-corrected chi connectivity index (χ0v) is 8.18. The summed E-state index contributed by atoms with van der Waals surface area (Å²) in [4.78, 5) is 16.7. The van der Waals surface area contributed by atoms with Crippen LogP contribution in [0.4, 0.5) is 20.4 Å². The van der Waals surface area contributed by atoms with Crippen molar-refractivity contribution in [1.82, 2.24) is 9.97 Å². The first kappa shape index (κ1) is 12.0. The second-order valence-corrected chi connectivity index (χ2v) is 2.78. The zero-order valence-electron chi connectivity index (χ0n) is 8.18. The van der Waals surface area contributed by atoms with E-state index >= 15 is 0 Å². The summed E-state index contributed by atoms with van der Waals surface area (Å²) >= 11 is 0. The predicted molar refractivity (Wildman–Crippen MR) is 49.3 cm³/mol. The largest absolute Gasteiger partial charge is 0.467 e. The lowest BCUT2D eigenvalue weighted by atomic mass is 10.3. The number of halogens is 2. The van der Waals surface area contributed by atoms with E-state index in [2.05, 4.69) is 14.7 Å². The average molecular weight is 234 g/mol. The van der Waals surface area contributed by atoms with Crippen molar-refractivity contribution < 1.29 is 18.4 Å². The average Bonchev–Trinajstić information content (AvgIpc) is 2.12. The maximum absolute atomic E-state index is 11.9. The molecular weight excluding hydrogens is 226 g/mol. The molecule has 88 valence electrons. The van der Waals surface area contributed by atoms with Crippen LogP contribution in [-0.4, -0.2) is 27.9 Å². The van der Waals surface area contributed by atoms with E-state index in [0.717, 1.165) is 0 Å². The summed E-state index contributed by atoms with van der Waals surface area (Å²) in [7, 11) is 0. The first-order valence-corrected chi connectivity index (χ1v) is 4.11. The van der Waals surface area contributed by atoms with Gasteiger partial charge in [-0.3, -0.25) is 10.1 Å². The van der Waals surface area contributed by atoms with Crippen LogP contribution in [0.25, 0.3) is 0 Å². The summed E-state index contributed by atoms with van der Waals surface area (Å²) in [5.74, 6) is -0.817. The molecule has 7 nitrogen and oxygen atoms in total. The van der Waals surface area contributed by atoms with Crippen LogP contribution < -0.4 is 10.5 Å². The molecule has 0 saturated carbocycles. The number of nitrogen functional groups attached to an aromatic ring is 1. The summed E-state index contributed by atoms with van der Waals surface area (Å²) in [5, 5.41) is 10.6. The van der Waals surface area contributed by atoms with Gasteiger partial charge in [0.1, 0.15) is 5.69 Å². The van der Waals surface area contributed by atoms with Gasteiger partial charge in [0.2, 0.25) is 5.95 Å². The van der Waals surface area contributed by atoms with E-state index in [1.807, 2.05) is 0 Å². The Kier molecular flexibility index (Phi) is 3.48. The van der Waals surface area contributed by atoms with E-state index in [1.165, 1.54) is 6.92 Å². The highest BCUT2D eigenvalue weighted by Crippen LogP contribution is 2.28. The van der Waals surface area contributed by atoms with Crippen LogP contribution in [0.5, 0.6) is 5.88 Å². The fraction of sp³-hybridized carbons (Fsp3) is 0.429. The lowest BCUT2D eigenvalue weighted by Gasteiger charge is -2.06. The van der Waals surface area contributed by atoms with Gasteiger partial charge in [-0.25, -0.2) is 13.8 Å². The van der Waals surface area contributed by atoms with Gasteiger partial charge >= 0.3 is 5.69 Å². The Morgan fingerprint density at radius 2 is 2.19 bits per heavy atom. The molecule has 1 rings (SSSR count). The Balaban J connectivity index is 3.09. The van der Waals surface area contributed by atoms with Gasteiger partial charge in [0.15, 0.2) is 6.61 Å². The Hall–Kier alpha value is -2.06. The molecule has 0 aliphatic rings. The van der Waals surface area contributed by atoms with Crippen LogP contribution in [0.3, 0.4) is 0 Å². The fourth-order valence-electron chi connectivity index (χ4n) is 1.01. The lowest BCUT2D eigenvalue weighted by Crippen LogP contribution is -2.12. The monoisotopic (exact) mass is 234 g/mol. The molecule has 1 aromatic rings. The number of hydrogen-bond donors (Lipinski definition) is 1. The van der Waals surface area contributed by atoms with E-state index in [1.54, 1.807) is 0 Å². The zero-order chi connectivity index (χ0) is 12.3. The number of hydrogen-bond acceptors (Lipinski definition) is 6. The first-order chi connectivity index (χ1) is 7.41. The second-order valence-electron chi connectivity index (χ2n) is 2.78. The van der Waals surface area contributed by atoms with Gasteiger partial charge in [0.05, 0.1) is 4.92 Å². The minimum Gasteiger partial charge on any atom is -0.467 e. The Bertz CT molecular complexity index is 413. The van der Waals surface area contributed by atoms with E-state index in [0.29, 0.717) is 0 Å². The van der Waals surface area contributed by atoms with Crippen LogP contribution in [0.15, 0.2) is 0 Å². The van der Waals surface area contributed by atoms with Crippen molar-refractivity contribution in [3.05, 3.63) is 15.8 Å². The van der Waals surface area contributed by atoms with E-state index in [4.69, 9.17) is 5.73 Å². The molecule has 0 unspecified atom stereocenters. The van der Waals surface area contributed by atoms with Crippen molar-refractivity contribution in [2.45, 2.75) is 13.3 Å². The first-order valence-electron chi connectivity index (χ1n) is 4.11. The standard InChI is InChI=1S/C7H8F2N4O3/c1-3-5(13(14)15)6(12-7(10)11-3)16-2-4(8)9/h4H,2H2,1H3,(H2,10,11,12). The number of nitrogens with zero attached hydrogens (tertiary/aromatic N) is 3. The van der Waals surface area contributed by atoms with Gasteiger partial charge in [-0.15, -0.1) is 0 Å². The maximum atomic E-state index is 11.9. The number of nitro groups is 1. The van der Waals surface area contributed by atoms with E-state index in [-0.39, 0.29) is 11.6 Å². The number of aryl methyl sites for hydroxylation is 1. The molecule has 0 spiro atoms. The highest BCUT2D eigenvalue weighted by Gasteiger charge is 2.23. The summed E-state index contributed by atoms with van der Waals surface area (Å²) in [6, 6.07) is 0. The summed E-state index contributed by atoms with van der Waals surface area (Å²) in [5.41, 5.74) is 4.62. The molecule has 9 heteroatoms. The van der Waals surface area contributed by atoms with Crippen molar-refractivity contribution in [2.75, 3.05) is 12.3 Å². The molecule has 1 aromatic heterocycles. The van der Waals surface area contributed by atoms with Crippen LogP contribution in [0.1, 0.15) is 5.69 Å². The molecule has 0 bridgehead atoms. The van der Waals surface area contributed by atoms with Crippen molar-refractivity contribution in [3.63, 3.8) is 0 Å². The second kappa shape index (κ2) is 4.64. The number of ether oxygens (including phenoxy) is 1. The van der Waals surface area contributed by atoms with Gasteiger partial charge in [-0.1, -0.05) is 0 Å². The van der Waals surface area contributed by atoms with Gasteiger partial charge in [-0.05, 0) is 6.92 Å². The molecule has 2 N–H and O–H groups in total. The Morgan fingerprint density at radius 3 is 2.69 bits per heavy atom. The maximum Gasteiger partial charge on any atom is 0.352 e. The highest BCUT2D eigenvalue weighted by atomic mass is 19.3. The third kappa shape index (κ3) is 2.72. The van der Waals surface area contributed by atoms with Crippen molar-refractivity contribution >= 4 is 11.6 Å². The van der Waals surface area contributed by atoms with Gasteiger partial charge in [0, 0.05) is 0 Å². The van der Waals surface area contributed by atoms with Crippen molar-refractivity contribution in [3.8, 4) is 5.88 Å². The molecular formula is C7H8F2N4O3. The molecule has 0 aliphatic carbocycles. The minimum atomic E-state index is -2.75. The van der Waals surface area contributed by atoms with Crippen LogP contribution >= 0.6 is 0 Å². The predicted octanol–water partition coefficient (Wildman–Crippen LogP) is 0.919. The molecule has 0 fully saturated rings. The summed E-state index contributed by atoms with van der Waals surface area (Å²) in [6.07, 6.45) is -2.75. The lowest BCUT2D eigenvalue weighted by molar-refractivity contribution is -0.387. The SMILES string of the molecule is Cc1nc(N)nc(OCC(F)F)c1[N+](=O)[O-]. The third-order valence-electron chi connectivity index (χ3n) is 1.57. The summed E-state index contributed by atoms with van der Waals surface area (Å²) < 4.78 is 28.3. The molecule has 16 heavy (non-hydrogen) atoms. The molecule has 0 saturated heterocycles. The van der Waals surface area contributed by atoms with Crippen LogP contribution in [-0.2, 0) is 0 Å². The number of rotatable bonds is 4. The van der Waals surface area contributed by atoms with Crippen LogP contribution in [0.2, 0.25) is 0 Å². The van der Waals surface area contributed by atoms with E-state index in [9.17, 15) is 18.9 Å². The third-order valence-corrected chi connectivity index (χ3v) is 1.57. The highest BCUT2D eigenvalue weighted by molar-refractivity contribution is 5.47. The summed E-state index contributed by atoms with van der Waals surface area (Å²) in [6.45, 7) is 0.322. The number of aromatic nitrogens is 2. The molecule has 0 atom stereocenters. The topological polar surface area (TPSA) is 104 Å². The number of anilines is 1. The molecule has 0 aliphatic heterocycles. The Labute approximate surface area is 88.4 Å². The minimum absolute atomic E-state index is 0.0400. The molecule has 0 amide bonds. The van der Waals surface area contributed by atoms with Gasteiger partial charge in [-0.2, -0.15) is 4.98 Å². The van der Waals surface area contributed by atoms with Crippen LogP contribution in [0, 0.1) is 17.0 Å². The Morgan fingerprint density at radius 1 is 1.56 bits per heavy atom. The number of nitrogens with two attached hydrogens (primary N) is 1.